The fourth-order valence-electron chi connectivity index (χ4n) is 1.36. The number of esters is 1. The van der Waals surface area contributed by atoms with Crippen LogP contribution in [0.4, 0.5) is 5.69 Å². The number of pyridine rings is 1. The molecule has 0 spiro atoms. The van der Waals surface area contributed by atoms with Crippen molar-refractivity contribution >= 4 is 11.7 Å². The fourth-order valence-corrected chi connectivity index (χ4v) is 1.36. The molecule has 1 unspecified atom stereocenters. The zero-order valence-corrected chi connectivity index (χ0v) is 9.99. The Bertz CT molecular complexity index is 335. The van der Waals surface area contributed by atoms with Crippen molar-refractivity contribution in [2.45, 2.75) is 33.2 Å². The molecule has 0 aliphatic carbocycles. The number of aromatic nitrogens is 1. The third kappa shape index (κ3) is 4.29. The van der Waals surface area contributed by atoms with Crippen molar-refractivity contribution < 1.29 is 9.53 Å². The van der Waals surface area contributed by atoms with E-state index in [1.165, 1.54) is 0 Å². The minimum absolute atomic E-state index is 0.0450. The van der Waals surface area contributed by atoms with Crippen LogP contribution < -0.4 is 5.32 Å². The number of rotatable bonds is 5. The monoisotopic (exact) mass is 222 g/mol. The van der Waals surface area contributed by atoms with Crippen LogP contribution in [-0.4, -0.2) is 23.6 Å². The van der Waals surface area contributed by atoms with Gasteiger partial charge in [-0.05, 0) is 32.9 Å². The van der Waals surface area contributed by atoms with Gasteiger partial charge in [-0.1, -0.05) is 0 Å². The molecule has 1 N–H and O–H groups in total. The second-order valence-corrected chi connectivity index (χ2v) is 3.74. The molecule has 0 aliphatic rings. The second kappa shape index (κ2) is 6.10. The van der Waals surface area contributed by atoms with Crippen LogP contribution in [-0.2, 0) is 9.53 Å². The molecule has 0 saturated heterocycles. The van der Waals surface area contributed by atoms with Crippen molar-refractivity contribution in [3.05, 3.63) is 24.0 Å². The Morgan fingerprint density at radius 3 is 2.88 bits per heavy atom. The van der Waals surface area contributed by atoms with Gasteiger partial charge in [-0.2, -0.15) is 0 Å². The molecule has 1 aromatic heterocycles. The molecular weight excluding hydrogens is 204 g/mol. The van der Waals surface area contributed by atoms with Crippen LogP contribution in [0.25, 0.3) is 0 Å². The maximum absolute atomic E-state index is 11.2. The van der Waals surface area contributed by atoms with Crippen molar-refractivity contribution in [1.82, 2.24) is 4.98 Å². The van der Waals surface area contributed by atoms with E-state index in [0.29, 0.717) is 13.0 Å². The number of nitrogens with zero attached hydrogens (tertiary/aromatic N) is 1. The van der Waals surface area contributed by atoms with Crippen LogP contribution in [0, 0.1) is 6.92 Å². The van der Waals surface area contributed by atoms with Crippen LogP contribution in [0.5, 0.6) is 0 Å². The van der Waals surface area contributed by atoms with Gasteiger partial charge in [0.25, 0.3) is 0 Å². The molecule has 4 nitrogen and oxygen atoms in total. The van der Waals surface area contributed by atoms with E-state index in [4.69, 9.17) is 4.74 Å². The number of carbonyl (C=O) groups excluding carboxylic acids is 1. The van der Waals surface area contributed by atoms with Crippen LogP contribution >= 0.6 is 0 Å². The molecule has 1 atom stereocenters. The van der Waals surface area contributed by atoms with E-state index in [1.807, 2.05) is 26.0 Å². The van der Waals surface area contributed by atoms with E-state index < -0.39 is 0 Å². The zero-order valence-electron chi connectivity index (χ0n) is 9.99. The first kappa shape index (κ1) is 12.5. The summed E-state index contributed by atoms with van der Waals surface area (Å²) in [6, 6.07) is 3.92. The Morgan fingerprint density at radius 1 is 1.56 bits per heavy atom. The zero-order chi connectivity index (χ0) is 12.0. The summed E-state index contributed by atoms with van der Waals surface area (Å²) in [6.07, 6.45) is 2.12. The quantitative estimate of drug-likeness (QED) is 0.775. The molecule has 0 aromatic carbocycles. The smallest absolute Gasteiger partial charge is 0.307 e. The lowest BCUT2D eigenvalue weighted by Gasteiger charge is -2.14. The second-order valence-electron chi connectivity index (χ2n) is 3.74. The van der Waals surface area contributed by atoms with Crippen molar-refractivity contribution in [2.75, 3.05) is 11.9 Å². The summed E-state index contributed by atoms with van der Waals surface area (Å²) < 4.78 is 4.87. The largest absolute Gasteiger partial charge is 0.466 e. The van der Waals surface area contributed by atoms with Crippen LogP contribution in [0.3, 0.4) is 0 Å². The molecule has 16 heavy (non-hydrogen) atoms. The lowest BCUT2D eigenvalue weighted by atomic mass is 10.2. The van der Waals surface area contributed by atoms with E-state index in [2.05, 4.69) is 10.3 Å². The molecule has 0 amide bonds. The molecule has 0 saturated carbocycles. The topological polar surface area (TPSA) is 51.2 Å². The molecule has 0 fully saturated rings. The molecule has 0 radical (unpaired) electrons. The van der Waals surface area contributed by atoms with E-state index in [0.717, 1.165) is 11.4 Å². The highest BCUT2D eigenvalue weighted by Crippen LogP contribution is 2.09. The van der Waals surface area contributed by atoms with Gasteiger partial charge in [0.1, 0.15) is 0 Å². The van der Waals surface area contributed by atoms with E-state index in [1.54, 1.807) is 13.1 Å². The summed E-state index contributed by atoms with van der Waals surface area (Å²) in [6.45, 7) is 6.11. The van der Waals surface area contributed by atoms with Crippen molar-refractivity contribution in [1.29, 1.82) is 0 Å². The predicted octanol–water partition coefficient (Wildman–Crippen LogP) is 2.14. The van der Waals surface area contributed by atoms with Gasteiger partial charge >= 0.3 is 5.97 Å². The number of aryl methyl sites for hydroxylation is 1. The average molecular weight is 222 g/mol. The first-order valence-corrected chi connectivity index (χ1v) is 5.46. The van der Waals surface area contributed by atoms with Gasteiger partial charge in [0.05, 0.1) is 24.9 Å². The third-order valence-corrected chi connectivity index (χ3v) is 2.10. The highest BCUT2D eigenvalue weighted by molar-refractivity contribution is 5.70. The van der Waals surface area contributed by atoms with Crippen molar-refractivity contribution in [3.63, 3.8) is 0 Å². The van der Waals surface area contributed by atoms with E-state index in [9.17, 15) is 4.79 Å². The summed E-state index contributed by atoms with van der Waals surface area (Å²) in [5.41, 5.74) is 1.89. The van der Waals surface area contributed by atoms with E-state index >= 15 is 0 Å². The normalized spacial score (nSPS) is 11.9. The number of hydrogen-bond acceptors (Lipinski definition) is 4. The van der Waals surface area contributed by atoms with Gasteiger partial charge in [0, 0.05) is 11.7 Å². The number of hydrogen-bond donors (Lipinski definition) is 1. The van der Waals surface area contributed by atoms with Gasteiger partial charge in [0.2, 0.25) is 0 Å². The van der Waals surface area contributed by atoms with Crippen LogP contribution in [0.2, 0.25) is 0 Å². The Labute approximate surface area is 96.0 Å². The Hall–Kier alpha value is -1.58. The van der Waals surface area contributed by atoms with Gasteiger partial charge < -0.3 is 10.1 Å². The summed E-state index contributed by atoms with van der Waals surface area (Å²) in [4.78, 5) is 15.4. The average Bonchev–Trinajstić information content (AvgIpc) is 2.21. The Balaban J connectivity index is 2.42. The molecule has 1 rings (SSSR count). The molecule has 1 aromatic rings. The maximum Gasteiger partial charge on any atom is 0.307 e. The maximum atomic E-state index is 11.2. The van der Waals surface area contributed by atoms with Crippen molar-refractivity contribution in [3.8, 4) is 0 Å². The highest BCUT2D eigenvalue weighted by Gasteiger charge is 2.09. The summed E-state index contributed by atoms with van der Waals surface area (Å²) in [5.74, 6) is -0.178. The Kier molecular flexibility index (Phi) is 4.76. The van der Waals surface area contributed by atoms with Crippen LogP contribution in [0.1, 0.15) is 26.0 Å². The highest BCUT2D eigenvalue weighted by atomic mass is 16.5. The van der Waals surface area contributed by atoms with Crippen molar-refractivity contribution in [2.24, 2.45) is 0 Å². The fraction of sp³-hybridized carbons (Fsp3) is 0.500. The number of carbonyl (C=O) groups is 1. The minimum atomic E-state index is -0.178. The van der Waals surface area contributed by atoms with Gasteiger partial charge in [-0.25, -0.2) is 0 Å². The molecule has 0 aliphatic heterocycles. The summed E-state index contributed by atoms with van der Waals surface area (Å²) in [5, 5.41) is 3.20. The Morgan fingerprint density at radius 2 is 2.31 bits per heavy atom. The SMILES string of the molecule is CCOC(=O)CC(C)Nc1ccc(C)nc1. The standard InChI is InChI=1S/C12H18N2O2/c1-4-16-12(15)7-10(3)14-11-6-5-9(2)13-8-11/h5-6,8,10,14H,4,7H2,1-3H3. The summed E-state index contributed by atoms with van der Waals surface area (Å²) >= 11 is 0. The van der Waals surface area contributed by atoms with Gasteiger partial charge in [-0.3, -0.25) is 9.78 Å². The van der Waals surface area contributed by atoms with Crippen LogP contribution in [0.15, 0.2) is 18.3 Å². The first-order chi connectivity index (χ1) is 7.61. The number of anilines is 1. The lowest BCUT2D eigenvalue weighted by molar-refractivity contribution is -0.143. The van der Waals surface area contributed by atoms with Gasteiger partial charge in [-0.15, -0.1) is 0 Å². The molecule has 1 heterocycles. The van der Waals surface area contributed by atoms with E-state index in [-0.39, 0.29) is 12.0 Å². The predicted molar refractivity (Wildman–Crippen MR) is 63.3 cm³/mol. The third-order valence-electron chi connectivity index (χ3n) is 2.10. The molecule has 0 bridgehead atoms. The molecule has 4 heteroatoms. The molecular formula is C12H18N2O2. The first-order valence-electron chi connectivity index (χ1n) is 5.46. The minimum Gasteiger partial charge on any atom is -0.466 e. The lowest BCUT2D eigenvalue weighted by Crippen LogP contribution is -2.21. The van der Waals surface area contributed by atoms with Gasteiger partial charge in [0.15, 0.2) is 0 Å². The number of nitrogens with one attached hydrogen (secondary N) is 1. The number of ether oxygens (including phenoxy) is 1. The molecule has 88 valence electrons. The summed E-state index contributed by atoms with van der Waals surface area (Å²) in [7, 11) is 0.